The fourth-order valence-corrected chi connectivity index (χ4v) is 2.43. The summed E-state index contributed by atoms with van der Waals surface area (Å²) in [5.74, 6) is -1.93. The molecule has 0 radical (unpaired) electrons. The van der Waals surface area contributed by atoms with Crippen molar-refractivity contribution in [2.45, 2.75) is 6.10 Å². The molecule has 2 aromatic rings. The van der Waals surface area contributed by atoms with Crippen molar-refractivity contribution in [3.63, 3.8) is 0 Å². The normalized spacial score (nSPS) is 12.9. The number of aliphatic hydroxyl groups excluding tert-OH is 1. The minimum absolute atomic E-state index is 0.270. The first kappa shape index (κ1) is 14.5. The molecule has 2 heterocycles. The maximum Gasteiger partial charge on any atom is 0.334 e. The van der Waals surface area contributed by atoms with Gasteiger partial charge in [-0.3, -0.25) is 9.20 Å². The second-order valence-corrected chi connectivity index (χ2v) is 5.01. The lowest BCUT2D eigenvalue weighted by Gasteiger charge is -2.05. The molecule has 0 saturated heterocycles. The van der Waals surface area contributed by atoms with Gasteiger partial charge in [-0.2, -0.15) is 0 Å². The zero-order valence-electron chi connectivity index (χ0n) is 9.99. The number of aromatic nitrogens is 2. The van der Waals surface area contributed by atoms with Crippen molar-refractivity contribution in [3.05, 3.63) is 28.5 Å². The van der Waals surface area contributed by atoms with Gasteiger partial charge in [-0.05, 0) is 6.08 Å². The Hall–Kier alpha value is -1.90. The zero-order valence-corrected chi connectivity index (χ0v) is 11.6. The topological polar surface area (TPSA) is 104 Å². The lowest BCUT2D eigenvalue weighted by Crippen LogP contribution is -2.35. The van der Waals surface area contributed by atoms with Gasteiger partial charge in [-0.25, -0.2) is 9.78 Å². The van der Waals surface area contributed by atoms with Crippen molar-refractivity contribution >= 4 is 45.9 Å². The summed E-state index contributed by atoms with van der Waals surface area (Å²) in [6.07, 6.45) is 2.80. The monoisotopic (exact) mass is 315 g/mol. The largest absolute Gasteiger partial charge is 0.479 e. The second kappa shape index (κ2) is 6.04. The van der Waals surface area contributed by atoms with Gasteiger partial charge in [0, 0.05) is 17.7 Å². The number of aliphatic carboxylic acids is 1. The maximum atomic E-state index is 11.5. The molecule has 7 nitrogen and oxygen atoms in total. The van der Waals surface area contributed by atoms with E-state index < -0.39 is 18.0 Å². The Morgan fingerprint density at radius 1 is 1.60 bits per heavy atom. The third kappa shape index (κ3) is 3.16. The van der Waals surface area contributed by atoms with E-state index in [1.165, 1.54) is 23.5 Å². The molecule has 0 unspecified atom stereocenters. The highest BCUT2D eigenvalue weighted by atomic mass is 35.5. The van der Waals surface area contributed by atoms with E-state index in [-0.39, 0.29) is 11.7 Å². The highest BCUT2D eigenvalue weighted by Gasteiger charge is 2.13. The number of hydrogen-bond donors (Lipinski definition) is 3. The van der Waals surface area contributed by atoms with Crippen LogP contribution in [-0.2, 0) is 9.59 Å². The molecular weight excluding hydrogens is 306 g/mol. The number of nitrogens with zero attached hydrogens (tertiary/aromatic N) is 2. The number of carboxylic acid groups (broad SMARTS) is 1. The molecule has 9 heteroatoms. The Kier molecular flexibility index (Phi) is 4.38. The molecule has 1 atom stereocenters. The van der Waals surface area contributed by atoms with Gasteiger partial charge in [0.2, 0.25) is 5.91 Å². The number of carbonyl (C=O) groups is 2. The summed E-state index contributed by atoms with van der Waals surface area (Å²) in [5, 5.41) is 21.8. The van der Waals surface area contributed by atoms with Crippen LogP contribution in [0.25, 0.3) is 11.0 Å². The minimum Gasteiger partial charge on any atom is -0.479 e. The van der Waals surface area contributed by atoms with Gasteiger partial charge in [-0.15, -0.1) is 11.3 Å². The SMILES string of the molecule is O=C(/C=C/c1c(Cl)nc2sccn12)NC[C@H](O)C(=O)O. The number of nitrogens with one attached hydrogen (secondary N) is 1. The summed E-state index contributed by atoms with van der Waals surface area (Å²) in [6.45, 7) is -0.369. The lowest BCUT2D eigenvalue weighted by atomic mass is 10.3. The average molecular weight is 316 g/mol. The van der Waals surface area contributed by atoms with Crippen LogP contribution in [-0.4, -0.2) is 44.1 Å². The summed E-state index contributed by atoms with van der Waals surface area (Å²) in [6, 6.07) is 0. The second-order valence-electron chi connectivity index (χ2n) is 3.78. The van der Waals surface area contributed by atoms with Crippen LogP contribution < -0.4 is 5.32 Å². The van der Waals surface area contributed by atoms with E-state index in [1.807, 2.05) is 5.38 Å². The van der Waals surface area contributed by atoms with Crippen LogP contribution in [0.2, 0.25) is 5.15 Å². The number of aliphatic hydroxyl groups is 1. The van der Waals surface area contributed by atoms with E-state index in [2.05, 4.69) is 10.3 Å². The van der Waals surface area contributed by atoms with Gasteiger partial charge in [0.05, 0.1) is 12.2 Å². The first-order valence-electron chi connectivity index (χ1n) is 5.47. The number of thiazole rings is 1. The Bertz CT molecular complexity index is 678. The van der Waals surface area contributed by atoms with Crippen LogP contribution in [0.4, 0.5) is 0 Å². The fraction of sp³-hybridized carbons (Fsp3) is 0.182. The fourth-order valence-electron chi connectivity index (χ4n) is 1.42. The van der Waals surface area contributed by atoms with Crippen molar-refractivity contribution < 1.29 is 19.8 Å². The Morgan fingerprint density at radius 2 is 2.35 bits per heavy atom. The van der Waals surface area contributed by atoms with Crippen LogP contribution in [0.15, 0.2) is 17.7 Å². The van der Waals surface area contributed by atoms with Gasteiger partial charge in [0.1, 0.15) is 0 Å². The smallest absolute Gasteiger partial charge is 0.334 e. The van der Waals surface area contributed by atoms with Gasteiger partial charge >= 0.3 is 5.97 Å². The molecule has 0 aliphatic rings. The summed E-state index contributed by atoms with van der Waals surface area (Å²) in [7, 11) is 0. The number of halogens is 1. The number of imidazole rings is 1. The Labute approximate surface area is 122 Å². The highest BCUT2D eigenvalue weighted by molar-refractivity contribution is 7.15. The van der Waals surface area contributed by atoms with Crippen LogP contribution in [0.1, 0.15) is 5.69 Å². The summed E-state index contributed by atoms with van der Waals surface area (Å²) in [5.41, 5.74) is 0.553. The molecule has 2 aromatic heterocycles. The van der Waals surface area contributed by atoms with E-state index in [1.54, 1.807) is 10.6 Å². The molecule has 20 heavy (non-hydrogen) atoms. The van der Waals surface area contributed by atoms with Gasteiger partial charge in [0.25, 0.3) is 0 Å². The molecule has 2 rings (SSSR count). The quantitative estimate of drug-likeness (QED) is 0.702. The molecule has 106 valence electrons. The third-order valence-corrected chi connectivity index (χ3v) is 3.44. The van der Waals surface area contributed by atoms with Gasteiger partial charge in [0.15, 0.2) is 16.2 Å². The van der Waals surface area contributed by atoms with Crippen molar-refractivity contribution in [1.29, 1.82) is 0 Å². The summed E-state index contributed by atoms with van der Waals surface area (Å²) < 4.78 is 1.73. The van der Waals surface area contributed by atoms with Crippen LogP contribution >= 0.6 is 22.9 Å². The van der Waals surface area contributed by atoms with E-state index in [0.717, 1.165) is 0 Å². The maximum absolute atomic E-state index is 11.5. The number of amides is 1. The molecule has 0 fully saturated rings. The summed E-state index contributed by atoms with van der Waals surface area (Å²) >= 11 is 7.34. The van der Waals surface area contributed by atoms with Gasteiger partial charge in [-0.1, -0.05) is 11.6 Å². The van der Waals surface area contributed by atoms with Crippen molar-refractivity contribution in [2.24, 2.45) is 0 Å². The molecular formula is C11H10ClN3O4S. The zero-order chi connectivity index (χ0) is 14.7. The van der Waals surface area contributed by atoms with Crippen molar-refractivity contribution in [2.75, 3.05) is 6.54 Å². The number of hydrogen-bond acceptors (Lipinski definition) is 5. The van der Waals surface area contributed by atoms with Crippen LogP contribution in [0.3, 0.4) is 0 Å². The van der Waals surface area contributed by atoms with Crippen LogP contribution in [0, 0.1) is 0 Å². The molecule has 0 spiro atoms. The predicted octanol–water partition coefficient (Wildman–Crippen LogP) is 0.624. The van der Waals surface area contributed by atoms with Crippen molar-refractivity contribution in [1.82, 2.24) is 14.7 Å². The standard InChI is InChI=1S/C11H10ClN3O4S/c12-9-6(15-3-4-20-11(15)14-9)1-2-8(17)13-5-7(16)10(18)19/h1-4,7,16H,5H2,(H,13,17)(H,18,19)/b2-1+/t7-/m0/s1. The predicted molar refractivity (Wildman–Crippen MR) is 73.8 cm³/mol. The number of carbonyl (C=O) groups excluding carboxylic acids is 1. The van der Waals surface area contributed by atoms with E-state index in [4.69, 9.17) is 21.8 Å². The Morgan fingerprint density at radius 3 is 3.05 bits per heavy atom. The molecule has 0 aliphatic carbocycles. The molecule has 3 N–H and O–H groups in total. The Balaban J connectivity index is 2.02. The highest BCUT2D eigenvalue weighted by Crippen LogP contribution is 2.22. The minimum atomic E-state index is -1.63. The molecule has 0 saturated carbocycles. The molecule has 0 aromatic carbocycles. The van der Waals surface area contributed by atoms with Crippen LogP contribution in [0.5, 0.6) is 0 Å². The van der Waals surface area contributed by atoms with E-state index in [0.29, 0.717) is 10.7 Å². The first-order valence-corrected chi connectivity index (χ1v) is 6.72. The summed E-state index contributed by atoms with van der Waals surface area (Å²) in [4.78, 5) is 26.6. The number of fused-ring (bicyclic) bond motifs is 1. The van der Waals surface area contributed by atoms with Crippen molar-refractivity contribution in [3.8, 4) is 0 Å². The average Bonchev–Trinajstić information content (AvgIpc) is 2.94. The number of carboxylic acids is 1. The van der Waals surface area contributed by atoms with E-state index >= 15 is 0 Å². The first-order chi connectivity index (χ1) is 9.49. The van der Waals surface area contributed by atoms with Gasteiger partial charge < -0.3 is 15.5 Å². The molecule has 1 amide bonds. The molecule has 0 bridgehead atoms. The van der Waals surface area contributed by atoms with E-state index in [9.17, 15) is 9.59 Å². The molecule has 0 aliphatic heterocycles. The lowest BCUT2D eigenvalue weighted by molar-refractivity contribution is -0.146. The third-order valence-electron chi connectivity index (χ3n) is 2.40. The number of rotatable bonds is 5.